The van der Waals surface area contributed by atoms with Crippen LogP contribution in [0.2, 0.25) is 0 Å². The minimum atomic E-state index is 0.209. The van der Waals surface area contributed by atoms with Crippen LogP contribution < -0.4 is 9.47 Å². The van der Waals surface area contributed by atoms with Gasteiger partial charge in [-0.3, -0.25) is 0 Å². The van der Waals surface area contributed by atoms with Gasteiger partial charge >= 0.3 is 0 Å². The summed E-state index contributed by atoms with van der Waals surface area (Å²) in [6, 6.07) is 5.36. The van der Waals surface area contributed by atoms with Crippen LogP contribution in [0.25, 0.3) is 0 Å². The molecule has 0 N–H and O–H groups in total. The second kappa shape index (κ2) is 6.27. The summed E-state index contributed by atoms with van der Waals surface area (Å²) in [5.74, 6) is 1.38. The van der Waals surface area contributed by atoms with Crippen molar-refractivity contribution >= 4 is 0 Å². The summed E-state index contributed by atoms with van der Waals surface area (Å²) in [6.45, 7) is 4.27. The third-order valence-electron chi connectivity index (χ3n) is 1.71. The van der Waals surface area contributed by atoms with E-state index in [1.807, 2.05) is 0 Å². The molecule has 1 radical (unpaired) electrons. The van der Waals surface area contributed by atoms with Crippen LogP contribution in [-0.4, -0.2) is 27.8 Å². The lowest BCUT2D eigenvalue weighted by molar-refractivity contribution is 0.0481. The topological polar surface area (TPSA) is 36.9 Å². The molecule has 0 aliphatic rings. The van der Waals surface area contributed by atoms with Gasteiger partial charge in [0.25, 0.3) is 0 Å². The molecule has 4 nitrogen and oxygen atoms in total. The molecule has 0 saturated heterocycles. The highest BCUT2D eigenvalue weighted by molar-refractivity contribution is 5.41. The molecule has 0 amide bonds. The third kappa shape index (κ3) is 3.77. The molecule has 0 spiro atoms. The first-order valence-corrected chi connectivity index (χ1v) is 4.47. The Morgan fingerprint density at radius 3 is 2.33 bits per heavy atom. The molecule has 83 valence electrons. The predicted molar refractivity (Wildman–Crippen MR) is 55.9 cm³/mol. The summed E-state index contributed by atoms with van der Waals surface area (Å²) in [6.07, 6.45) is 0. The average molecular weight is 211 g/mol. The summed E-state index contributed by atoms with van der Waals surface area (Å²) < 4.78 is 20.1. The molecule has 0 atom stereocenters. The lowest BCUT2D eigenvalue weighted by atomic mass is 10.2. The maximum atomic E-state index is 5.27. The lowest BCUT2D eigenvalue weighted by Crippen LogP contribution is -2.02. The number of benzene rings is 1. The van der Waals surface area contributed by atoms with Crippen molar-refractivity contribution in [1.29, 1.82) is 0 Å². The van der Waals surface area contributed by atoms with Gasteiger partial charge in [0, 0.05) is 14.2 Å². The summed E-state index contributed by atoms with van der Waals surface area (Å²) >= 11 is 0. The molecular weight excluding hydrogens is 196 g/mol. The summed E-state index contributed by atoms with van der Waals surface area (Å²) in [5.41, 5.74) is 0.751. The molecule has 0 aliphatic carbocycles. The zero-order chi connectivity index (χ0) is 11.1. The fourth-order valence-corrected chi connectivity index (χ4v) is 1.04. The minimum Gasteiger partial charge on any atom is -0.468 e. The zero-order valence-corrected chi connectivity index (χ0v) is 8.99. The average Bonchev–Trinajstić information content (AvgIpc) is 2.25. The first-order valence-electron chi connectivity index (χ1n) is 4.47. The van der Waals surface area contributed by atoms with Gasteiger partial charge in [-0.25, -0.2) is 0 Å². The highest BCUT2D eigenvalue weighted by atomic mass is 16.7. The maximum Gasteiger partial charge on any atom is 0.188 e. The van der Waals surface area contributed by atoms with Crippen molar-refractivity contribution in [1.82, 2.24) is 0 Å². The van der Waals surface area contributed by atoms with Gasteiger partial charge in [0.15, 0.2) is 13.6 Å². The molecule has 1 aromatic rings. The van der Waals surface area contributed by atoms with Crippen LogP contribution in [-0.2, 0) is 9.47 Å². The van der Waals surface area contributed by atoms with Crippen LogP contribution >= 0.6 is 0 Å². The Hall–Kier alpha value is -1.26. The van der Waals surface area contributed by atoms with Crippen molar-refractivity contribution in [3.8, 4) is 11.5 Å². The van der Waals surface area contributed by atoms with Crippen LogP contribution in [0.5, 0.6) is 11.5 Å². The van der Waals surface area contributed by atoms with E-state index >= 15 is 0 Å². The SMILES string of the molecule is [CH2]c1cc(OCOC)ccc1OCOC. The van der Waals surface area contributed by atoms with Gasteiger partial charge in [-0.05, 0) is 30.7 Å². The van der Waals surface area contributed by atoms with E-state index in [1.54, 1.807) is 32.4 Å². The van der Waals surface area contributed by atoms with Crippen molar-refractivity contribution in [2.75, 3.05) is 27.8 Å². The molecular formula is C11H15O4. The number of ether oxygens (including phenoxy) is 4. The third-order valence-corrected chi connectivity index (χ3v) is 1.71. The van der Waals surface area contributed by atoms with Gasteiger partial charge in [-0.2, -0.15) is 0 Å². The van der Waals surface area contributed by atoms with Crippen LogP contribution in [0, 0.1) is 6.92 Å². The van der Waals surface area contributed by atoms with Gasteiger partial charge < -0.3 is 18.9 Å². The second-order valence-electron chi connectivity index (χ2n) is 2.87. The molecule has 0 aliphatic heterocycles. The highest BCUT2D eigenvalue weighted by Gasteiger charge is 2.01. The van der Waals surface area contributed by atoms with E-state index in [2.05, 4.69) is 6.92 Å². The molecule has 0 saturated carbocycles. The molecule has 0 bridgehead atoms. The Kier molecular flexibility index (Phi) is 4.93. The number of hydrogen-bond acceptors (Lipinski definition) is 4. The summed E-state index contributed by atoms with van der Waals surface area (Å²) in [7, 11) is 3.14. The fraction of sp³-hybridized carbons (Fsp3) is 0.364. The molecule has 0 aromatic heterocycles. The Bertz CT molecular complexity index is 299. The van der Waals surface area contributed by atoms with Crippen LogP contribution in [0.1, 0.15) is 5.56 Å². The van der Waals surface area contributed by atoms with Gasteiger partial charge in [0.2, 0.25) is 0 Å². The highest BCUT2D eigenvalue weighted by Crippen LogP contribution is 2.23. The summed E-state index contributed by atoms with van der Waals surface area (Å²) in [4.78, 5) is 0. The van der Waals surface area contributed by atoms with E-state index < -0.39 is 0 Å². The summed E-state index contributed by atoms with van der Waals surface area (Å²) in [5, 5.41) is 0. The first-order chi connectivity index (χ1) is 7.27. The largest absolute Gasteiger partial charge is 0.468 e. The fourth-order valence-electron chi connectivity index (χ4n) is 1.04. The smallest absolute Gasteiger partial charge is 0.188 e. The van der Waals surface area contributed by atoms with Gasteiger partial charge in [0.1, 0.15) is 11.5 Å². The normalized spacial score (nSPS) is 10.1. The van der Waals surface area contributed by atoms with E-state index in [0.717, 1.165) is 5.56 Å². The predicted octanol–water partition coefficient (Wildman–Crippen LogP) is 1.83. The van der Waals surface area contributed by atoms with Crippen LogP contribution in [0.15, 0.2) is 18.2 Å². The molecule has 1 rings (SSSR count). The Morgan fingerprint density at radius 1 is 1.07 bits per heavy atom. The van der Waals surface area contributed by atoms with E-state index in [-0.39, 0.29) is 13.6 Å². The van der Waals surface area contributed by atoms with Crippen LogP contribution in [0.3, 0.4) is 0 Å². The van der Waals surface area contributed by atoms with Gasteiger partial charge in [0.05, 0.1) is 0 Å². The number of methoxy groups -OCH3 is 2. The number of rotatable bonds is 6. The number of hydrogen-bond donors (Lipinski definition) is 0. The van der Waals surface area contributed by atoms with E-state index in [1.165, 1.54) is 0 Å². The van der Waals surface area contributed by atoms with Gasteiger partial charge in [-0.15, -0.1) is 0 Å². The quantitative estimate of drug-likeness (QED) is 0.673. The van der Waals surface area contributed by atoms with Crippen molar-refractivity contribution in [3.05, 3.63) is 30.7 Å². The van der Waals surface area contributed by atoms with E-state index in [9.17, 15) is 0 Å². The lowest BCUT2D eigenvalue weighted by Gasteiger charge is -2.10. The molecule has 0 fully saturated rings. The van der Waals surface area contributed by atoms with E-state index in [4.69, 9.17) is 18.9 Å². The zero-order valence-electron chi connectivity index (χ0n) is 8.99. The van der Waals surface area contributed by atoms with Crippen molar-refractivity contribution in [2.24, 2.45) is 0 Å². The first kappa shape index (κ1) is 11.8. The minimum absolute atomic E-state index is 0.209. The second-order valence-corrected chi connectivity index (χ2v) is 2.87. The van der Waals surface area contributed by atoms with Crippen LogP contribution in [0.4, 0.5) is 0 Å². The molecule has 0 heterocycles. The molecule has 15 heavy (non-hydrogen) atoms. The van der Waals surface area contributed by atoms with Crippen molar-refractivity contribution in [3.63, 3.8) is 0 Å². The maximum absolute atomic E-state index is 5.27. The Morgan fingerprint density at radius 2 is 1.73 bits per heavy atom. The Labute approximate surface area is 89.7 Å². The standard InChI is InChI=1S/C11H15O4/c1-9-6-10(14-7-12-2)4-5-11(9)15-8-13-3/h4-6H,1,7-8H2,2-3H3. The molecule has 0 unspecified atom stereocenters. The van der Waals surface area contributed by atoms with E-state index in [0.29, 0.717) is 11.5 Å². The molecule has 4 heteroatoms. The molecule has 1 aromatic carbocycles. The van der Waals surface area contributed by atoms with Crippen molar-refractivity contribution in [2.45, 2.75) is 0 Å². The van der Waals surface area contributed by atoms with Crippen molar-refractivity contribution < 1.29 is 18.9 Å². The monoisotopic (exact) mass is 211 g/mol. The van der Waals surface area contributed by atoms with Gasteiger partial charge in [-0.1, -0.05) is 0 Å². The Balaban J connectivity index is 2.61.